The molecule has 0 heterocycles. The van der Waals surface area contributed by atoms with Crippen LogP contribution < -0.4 is 5.73 Å². The molecule has 54 valence electrons. The van der Waals surface area contributed by atoms with E-state index in [1.54, 1.807) is 0 Å². The molecule has 0 aliphatic heterocycles. The summed E-state index contributed by atoms with van der Waals surface area (Å²) >= 11 is 0. The maximum atomic E-state index is 10.1. The molecule has 5 heteroatoms. The molecule has 9 heavy (non-hydrogen) atoms. The second-order valence-electron chi connectivity index (χ2n) is 1.81. The van der Waals surface area contributed by atoms with Gasteiger partial charge in [-0.3, -0.25) is 4.79 Å². The smallest absolute Gasteiger partial charge is 0.287 e. The average Bonchev–Trinajstić information content (AvgIpc) is 1.62. The molecular weight excluding hydrogens is 126 g/mol. The summed E-state index contributed by atoms with van der Waals surface area (Å²) in [7, 11) is 0. The molecule has 1 unspecified atom stereocenters. The average molecular weight is 135 g/mol. The predicted octanol–water partition coefficient (Wildman–Crippen LogP) is -2.26. The lowest BCUT2D eigenvalue weighted by molar-refractivity contribution is -0.331. The molecular formula is C4H9NO4. The first-order chi connectivity index (χ1) is 3.85. The monoisotopic (exact) mass is 135 g/mol. The standard InChI is InChI=1S/C4H9NO4/c1-2(3(5)6)4(7,8)9/h2,7-9H,1H3,(H2,5,6). The first kappa shape index (κ1) is 8.35. The summed E-state index contributed by atoms with van der Waals surface area (Å²) in [5.74, 6) is -5.34. The van der Waals surface area contributed by atoms with Crippen LogP contribution in [0, 0.1) is 5.92 Å². The van der Waals surface area contributed by atoms with Gasteiger partial charge in [0.1, 0.15) is 5.92 Å². The lowest BCUT2D eigenvalue weighted by Crippen LogP contribution is -2.43. The normalized spacial score (nSPS) is 15.1. The summed E-state index contributed by atoms with van der Waals surface area (Å²) in [4.78, 5) is 10.1. The second kappa shape index (κ2) is 2.30. The van der Waals surface area contributed by atoms with E-state index in [-0.39, 0.29) is 0 Å². The molecule has 0 saturated heterocycles. The SMILES string of the molecule is CC(C(N)=O)C(O)(O)O. The van der Waals surface area contributed by atoms with Crippen molar-refractivity contribution in [1.82, 2.24) is 0 Å². The minimum atomic E-state index is -2.99. The van der Waals surface area contributed by atoms with Crippen LogP contribution in [0.4, 0.5) is 0 Å². The Labute approximate surface area is 51.7 Å². The maximum Gasteiger partial charge on any atom is 0.287 e. The molecule has 0 aromatic heterocycles. The number of hydrogen-bond acceptors (Lipinski definition) is 4. The largest absolute Gasteiger partial charge is 0.369 e. The molecule has 1 amide bonds. The van der Waals surface area contributed by atoms with E-state index in [0.717, 1.165) is 6.92 Å². The summed E-state index contributed by atoms with van der Waals surface area (Å²) in [6.07, 6.45) is 0. The Morgan fingerprint density at radius 1 is 1.56 bits per heavy atom. The number of hydrogen-bond donors (Lipinski definition) is 4. The van der Waals surface area contributed by atoms with Crippen molar-refractivity contribution in [2.24, 2.45) is 11.7 Å². The van der Waals surface area contributed by atoms with Crippen molar-refractivity contribution in [3.63, 3.8) is 0 Å². The van der Waals surface area contributed by atoms with Crippen LogP contribution >= 0.6 is 0 Å². The number of rotatable bonds is 2. The summed E-state index contributed by atoms with van der Waals surface area (Å²) < 4.78 is 0. The van der Waals surface area contributed by atoms with E-state index in [9.17, 15) is 4.79 Å². The second-order valence-corrected chi connectivity index (χ2v) is 1.81. The zero-order valence-corrected chi connectivity index (χ0v) is 4.90. The maximum absolute atomic E-state index is 10.1. The van der Waals surface area contributed by atoms with Gasteiger partial charge in [-0.2, -0.15) is 0 Å². The lowest BCUT2D eigenvalue weighted by Gasteiger charge is -2.18. The number of amides is 1. The molecule has 0 rings (SSSR count). The van der Waals surface area contributed by atoms with E-state index in [4.69, 9.17) is 15.3 Å². The molecule has 0 saturated carbocycles. The Hall–Kier alpha value is -0.650. The Kier molecular flexibility index (Phi) is 2.13. The van der Waals surface area contributed by atoms with E-state index in [0.29, 0.717) is 0 Å². The number of aliphatic hydroxyl groups is 3. The van der Waals surface area contributed by atoms with Crippen molar-refractivity contribution in [3.05, 3.63) is 0 Å². The van der Waals surface area contributed by atoms with Crippen molar-refractivity contribution < 1.29 is 20.1 Å². The van der Waals surface area contributed by atoms with Crippen LogP contribution in [0.15, 0.2) is 0 Å². The van der Waals surface area contributed by atoms with Crippen LogP contribution in [0.25, 0.3) is 0 Å². The fourth-order valence-electron chi connectivity index (χ4n) is 0.191. The predicted molar refractivity (Wildman–Crippen MR) is 27.7 cm³/mol. The van der Waals surface area contributed by atoms with Crippen molar-refractivity contribution in [1.29, 1.82) is 0 Å². The van der Waals surface area contributed by atoms with Crippen molar-refractivity contribution >= 4 is 5.91 Å². The Balaban J connectivity index is 4.04. The first-order valence-corrected chi connectivity index (χ1v) is 2.32. The van der Waals surface area contributed by atoms with Gasteiger partial charge < -0.3 is 21.1 Å². The fraction of sp³-hybridized carbons (Fsp3) is 0.750. The van der Waals surface area contributed by atoms with Crippen LogP contribution in [0.5, 0.6) is 0 Å². The van der Waals surface area contributed by atoms with Crippen LogP contribution in [0.3, 0.4) is 0 Å². The highest BCUT2D eigenvalue weighted by atomic mass is 16.7. The summed E-state index contributed by atoms with van der Waals surface area (Å²) in [5, 5.41) is 24.8. The zero-order chi connectivity index (χ0) is 7.65. The molecule has 0 aromatic rings. The highest BCUT2D eigenvalue weighted by Crippen LogP contribution is 2.07. The Bertz CT molecular complexity index is 116. The fourth-order valence-corrected chi connectivity index (χ4v) is 0.191. The Morgan fingerprint density at radius 2 is 1.89 bits per heavy atom. The number of primary amides is 1. The van der Waals surface area contributed by atoms with E-state index < -0.39 is 17.8 Å². The van der Waals surface area contributed by atoms with E-state index >= 15 is 0 Å². The van der Waals surface area contributed by atoms with Crippen LogP contribution in [-0.2, 0) is 4.79 Å². The van der Waals surface area contributed by atoms with Crippen LogP contribution in [-0.4, -0.2) is 27.2 Å². The molecule has 5 N–H and O–H groups in total. The topological polar surface area (TPSA) is 104 Å². The molecule has 0 radical (unpaired) electrons. The minimum absolute atomic E-state index is 0.970. The van der Waals surface area contributed by atoms with Gasteiger partial charge in [0.25, 0.3) is 5.97 Å². The number of carbonyl (C=O) groups is 1. The van der Waals surface area contributed by atoms with Crippen LogP contribution in [0.2, 0.25) is 0 Å². The van der Waals surface area contributed by atoms with Gasteiger partial charge >= 0.3 is 0 Å². The van der Waals surface area contributed by atoms with E-state index in [1.165, 1.54) is 0 Å². The minimum Gasteiger partial charge on any atom is -0.369 e. The van der Waals surface area contributed by atoms with Crippen molar-refractivity contribution in [3.8, 4) is 0 Å². The van der Waals surface area contributed by atoms with Gasteiger partial charge in [0.2, 0.25) is 5.91 Å². The summed E-state index contributed by atoms with van der Waals surface area (Å²) in [5.41, 5.74) is 4.60. The van der Waals surface area contributed by atoms with Gasteiger partial charge in [-0.1, -0.05) is 0 Å². The van der Waals surface area contributed by atoms with Gasteiger partial charge in [-0.05, 0) is 6.92 Å². The van der Waals surface area contributed by atoms with Gasteiger partial charge in [0.05, 0.1) is 0 Å². The summed E-state index contributed by atoms with van der Waals surface area (Å²) in [6.45, 7) is 1.10. The lowest BCUT2D eigenvalue weighted by atomic mass is 10.1. The summed E-state index contributed by atoms with van der Waals surface area (Å²) in [6, 6.07) is 0. The third-order valence-electron chi connectivity index (χ3n) is 1.01. The third kappa shape index (κ3) is 2.41. The van der Waals surface area contributed by atoms with Gasteiger partial charge in [0, 0.05) is 0 Å². The van der Waals surface area contributed by atoms with Crippen LogP contribution in [0.1, 0.15) is 6.92 Å². The molecule has 0 aliphatic rings. The quantitative estimate of drug-likeness (QED) is 0.321. The molecule has 0 fully saturated rings. The molecule has 5 nitrogen and oxygen atoms in total. The molecule has 0 spiro atoms. The highest BCUT2D eigenvalue weighted by molar-refractivity contribution is 5.76. The number of carbonyl (C=O) groups excluding carboxylic acids is 1. The third-order valence-corrected chi connectivity index (χ3v) is 1.01. The van der Waals surface area contributed by atoms with Gasteiger partial charge in [-0.15, -0.1) is 0 Å². The van der Waals surface area contributed by atoms with Crippen molar-refractivity contribution in [2.45, 2.75) is 12.9 Å². The van der Waals surface area contributed by atoms with Gasteiger partial charge in [0.15, 0.2) is 0 Å². The molecule has 1 atom stereocenters. The van der Waals surface area contributed by atoms with Gasteiger partial charge in [-0.25, -0.2) is 0 Å². The number of nitrogens with two attached hydrogens (primary N) is 1. The van der Waals surface area contributed by atoms with E-state index in [2.05, 4.69) is 5.73 Å². The molecule has 0 aliphatic carbocycles. The first-order valence-electron chi connectivity index (χ1n) is 2.32. The molecule has 0 bridgehead atoms. The van der Waals surface area contributed by atoms with Crippen molar-refractivity contribution in [2.75, 3.05) is 0 Å². The zero-order valence-electron chi connectivity index (χ0n) is 4.90. The highest BCUT2D eigenvalue weighted by Gasteiger charge is 2.32. The molecule has 0 aromatic carbocycles. The van der Waals surface area contributed by atoms with E-state index in [1.807, 2.05) is 0 Å². The Morgan fingerprint density at radius 3 is 1.89 bits per heavy atom.